The Labute approximate surface area is 110 Å². The third-order valence-corrected chi connectivity index (χ3v) is 2.90. The van der Waals surface area contributed by atoms with Crippen LogP contribution in [0.1, 0.15) is 24.1 Å². The molecule has 0 aliphatic heterocycles. The number of benzene rings is 1. The highest BCUT2D eigenvalue weighted by molar-refractivity contribution is 5.79. The molecule has 1 aromatic carbocycles. The summed E-state index contributed by atoms with van der Waals surface area (Å²) in [5.74, 6) is -0.404. The minimum Gasteiger partial charge on any atom is -0.350 e. The lowest BCUT2D eigenvalue weighted by Gasteiger charge is -2.12. The summed E-state index contributed by atoms with van der Waals surface area (Å²) in [4.78, 5) is 15.7. The lowest BCUT2D eigenvalue weighted by molar-refractivity contribution is -0.124. The van der Waals surface area contributed by atoms with Gasteiger partial charge in [0.1, 0.15) is 24.5 Å². The number of aromatic nitrogens is 3. The van der Waals surface area contributed by atoms with Crippen molar-refractivity contribution in [2.75, 3.05) is 0 Å². The van der Waals surface area contributed by atoms with Gasteiger partial charge in [-0.1, -0.05) is 12.1 Å². The smallest absolute Gasteiger partial charge is 0.244 e. The van der Waals surface area contributed by atoms with Gasteiger partial charge in [0.15, 0.2) is 0 Å². The number of amides is 1. The number of nitrogens with one attached hydrogen (secondary N) is 1. The molecule has 0 aliphatic carbocycles. The number of rotatable bonds is 4. The van der Waals surface area contributed by atoms with Gasteiger partial charge >= 0.3 is 0 Å². The van der Waals surface area contributed by atoms with Gasteiger partial charge in [0.25, 0.3) is 0 Å². The maximum Gasteiger partial charge on any atom is 0.244 e. The third-order valence-electron chi connectivity index (χ3n) is 2.90. The van der Waals surface area contributed by atoms with Gasteiger partial charge in [-0.2, -0.15) is 5.10 Å². The molecule has 5 nitrogen and oxygen atoms in total. The highest BCUT2D eigenvalue weighted by Gasteiger charge is 2.14. The Morgan fingerprint density at radius 2 is 2.32 bits per heavy atom. The fraction of sp³-hybridized carbons (Fsp3) is 0.308. The number of halogens is 1. The molecule has 19 heavy (non-hydrogen) atoms. The summed E-state index contributed by atoms with van der Waals surface area (Å²) in [6.07, 6.45) is 2.87. The Kier molecular flexibility index (Phi) is 3.89. The van der Waals surface area contributed by atoms with Crippen molar-refractivity contribution in [3.8, 4) is 0 Å². The predicted octanol–water partition coefficient (Wildman–Crippen LogP) is 1.60. The van der Waals surface area contributed by atoms with Gasteiger partial charge in [0.2, 0.25) is 5.91 Å². The topological polar surface area (TPSA) is 59.8 Å². The van der Waals surface area contributed by atoms with E-state index in [1.165, 1.54) is 23.4 Å². The monoisotopic (exact) mass is 262 g/mol. The van der Waals surface area contributed by atoms with E-state index in [0.717, 1.165) is 5.56 Å². The molecule has 0 spiro atoms. The summed E-state index contributed by atoms with van der Waals surface area (Å²) in [5.41, 5.74) is 1.43. The second kappa shape index (κ2) is 5.60. The first-order valence-corrected chi connectivity index (χ1v) is 5.95. The Hall–Kier alpha value is -2.24. The van der Waals surface area contributed by atoms with Crippen molar-refractivity contribution in [3.63, 3.8) is 0 Å². The molecule has 0 saturated carbocycles. The highest BCUT2D eigenvalue weighted by Crippen LogP contribution is 2.09. The molecule has 1 atom stereocenters. The van der Waals surface area contributed by atoms with E-state index in [-0.39, 0.29) is 11.7 Å². The van der Waals surface area contributed by atoms with Gasteiger partial charge in [0.05, 0.1) is 0 Å². The maximum atomic E-state index is 13.1. The van der Waals surface area contributed by atoms with Crippen molar-refractivity contribution in [2.45, 2.75) is 26.4 Å². The van der Waals surface area contributed by atoms with Crippen LogP contribution in [0.5, 0.6) is 0 Å². The average Bonchev–Trinajstić information content (AvgIpc) is 2.93. The van der Waals surface area contributed by atoms with Crippen molar-refractivity contribution in [3.05, 3.63) is 47.8 Å². The lowest BCUT2D eigenvalue weighted by atomic mass is 10.1. The Balaban J connectivity index is 1.95. The zero-order valence-corrected chi connectivity index (χ0v) is 10.8. The first-order valence-electron chi connectivity index (χ1n) is 5.95. The third kappa shape index (κ3) is 3.15. The standard InChI is InChI=1S/C13H15FN4O/c1-9-5-11(3-4-12(9)14)6-16-13(19)10(2)18-8-15-7-17-18/h3-5,7-8,10H,6H2,1-2H3,(H,16,19)/t10-/m0/s1. The molecule has 1 amide bonds. The number of aryl methyl sites for hydroxylation is 1. The van der Waals surface area contributed by atoms with Gasteiger partial charge in [-0.3, -0.25) is 4.79 Å². The number of carbonyl (C=O) groups is 1. The maximum absolute atomic E-state index is 13.1. The van der Waals surface area contributed by atoms with Crippen molar-refractivity contribution >= 4 is 5.91 Å². The fourth-order valence-electron chi connectivity index (χ4n) is 1.69. The molecule has 0 aliphatic rings. The second-order valence-electron chi connectivity index (χ2n) is 4.35. The van der Waals surface area contributed by atoms with Crippen LogP contribution < -0.4 is 5.32 Å². The van der Waals surface area contributed by atoms with Crippen LogP contribution in [0, 0.1) is 12.7 Å². The normalized spacial score (nSPS) is 12.2. The van der Waals surface area contributed by atoms with Crippen LogP contribution in [0.15, 0.2) is 30.9 Å². The Morgan fingerprint density at radius 3 is 2.95 bits per heavy atom. The molecule has 2 rings (SSSR count). The van der Waals surface area contributed by atoms with Crippen LogP contribution in [-0.4, -0.2) is 20.7 Å². The zero-order chi connectivity index (χ0) is 13.8. The van der Waals surface area contributed by atoms with E-state index in [1.807, 2.05) is 0 Å². The summed E-state index contributed by atoms with van der Waals surface area (Å²) >= 11 is 0. The molecule has 1 N–H and O–H groups in total. The quantitative estimate of drug-likeness (QED) is 0.910. The molecule has 0 saturated heterocycles. The number of hydrogen-bond donors (Lipinski definition) is 1. The number of carbonyl (C=O) groups excluding carboxylic acids is 1. The predicted molar refractivity (Wildman–Crippen MR) is 67.7 cm³/mol. The summed E-state index contributed by atoms with van der Waals surface area (Å²) in [6, 6.07) is 4.35. The Bertz CT molecular complexity index is 568. The average molecular weight is 262 g/mol. The minimum atomic E-state index is -0.427. The molecular weight excluding hydrogens is 247 g/mol. The largest absolute Gasteiger partial charge is 0.350 e. The molecule has 1 aromatic heterocycles. The lowest BCUT2D eigenvalue weighted by Crippen LogP contribution is -2.30. The van der Waals surface area contributed by atoms with Crippen LogP contribution in [0.2, 0.25) is 0 Å². The van der Waals surface area contributed by atoms with Crippen LogP contribution in [-0.2, 0) is 11.3 Å². The molecule has 100 valence electrons. The van der Waals surface area contributed by atoms with Gasteiger partial charge < -0.3 is 5.32 Å². The van der Waals surface area contributed by atoms with Gasteiger partial charge in [0, 0.05) is 6.54 Å². The first-order chi connectivity index (χ1) is 9.08. The van der Waals surface area contributed by atoms with Gasteiger partial charge in [-0.15, -0.1) is 0 Å². The summed E-state index contributed by atoms with van der Waals surface area (Å²) in [5, 5.41) is 6.70. The van der Waals surface area contributed by atoms with Crippen molar-refractivity contribution in [1.82, 2.24) is 20.1 Å². The summed E-state index contributed by atoms with van der Waals surface area (Å²) in [6.45, 7) is 3.79. The van der Waals surface area contributed by atoms with E-state index in [4.69, 9.17) is 0 Å². The molecular formula is C13H15FN4O. The van der Waals surface area contributed by atoms with E-state index >= 15 is 0 Å². The van der Waals surface area contributed by atoms with Crippen LogP contribution in [0.4, 0.5) is 4.39 Å². The molecule has 0 radical (unpaired) electrons. The first kappa shape index (κ1) is 13.2. The van der Waals surface area contributed by atoms with Crippen LogP contribution in [0.3, 0.4) is 0 Å². The van der Waals surface area contributed by atoms with Crippen molar-refractivity contribution in [2.24, 2.45) is 0 Å². The van der Waals surface area contributed by atoms with Crippen molar-refractivity contribution in [1.29, 1.82) is 0 Å². The SMILES string of the molecule is Cc1cc(CNC(=O)[C@H](C)n2cncn2)ccc1F. The van der Waals surface area contributed by atoms with Gasteiger partial charge in [-0.25, -0.2) is 14.1 Å². The molecule has 0 unspecified atom stereocenters. The molecule has 0 bridgehead atoms. The minimum absolute atomic E-state index is 0.160. The van der Waals surface area contributed by atoms with Crippen LogP contribution >= 0.6 is 0 Å². The number of nitrogens with zero attached hydrogens (tertiary/aromatic N) is 3. The second-order valence-corrected chi connectivity index (χ2v) is 4.35. The summed E-state index contributed by atoms with van der Waals surface area (Å²) in [7, 11) is 0. The van der Waals surface area contributed by atoms with E-state index in [1.54, 1.807) is 26.0 Å². The zero-order valence-electron chi connectivity index (χ0n) is 10.8. The van der Waals surface area contributed by atoms with E-state index < -0.39 is 6.04 Å². The van der Waals surface area contributed by atoms with Gasteiger partial charge in [-0.05, 0) is 31.0 Å². The molecule has 0 fully saturated rings. The highest BCUT2D eigenvalue weighted by atomic mass is 19.1. The Morgan fingerprint density at radius 1 is 1.53 bits per heavy atom. The van der Waals surface area contributed by atoms with E-state index in [0.29, 0.717) is 12.1 Å². The van der Waals surface area contributed by atoms with Crippen molar-refractivity contribution < 1.29 is 9.18 Å². The molecule has 2 aromatic rings. The summed E-state index contributed by atoms with van der Waals surface area (Å²) < 4.78 is 14.6. The van der Waals surface area contributed by atoms with E-state index in [2.05, 4.69) is 15.4 Å². The van der Waals surface area contributed by atoms with E-state index in [9.17, 15) is 9.18 Å². The number of hydrogen-bond acceptors (Lipinski definition) is 3. The van der Waals surface area contributed by atoms with Crippen LogP contribution in [0.25, 0.3) is 0 Å². The fourth-order valence-corrected chi connectivity index (χ4v) is 1.69. The molecule has 6 heteroatoms. The molecule has 1 heterocycles.